The quantitative estimate of drug-likeness (QED) is 0.121. The van der Waals surface area contributed by atoms with Gasteiger partial charge in [0, 0.05) is 53.5 Å². The van der Waals surface area contributed by atoms with E-state index in [1.807, 2.05) is 57.3 Å². The molecule has 3 aliphatic rings. The maximum atomic E-state index is 14.1. The lowest BCUT2D eigenvalue weighted by Gasteiger charge is -2.22. The van der Waals surface area contributed by atoms with Gasteiger partial charge in [-0.05, 0) is 91.7 Å². The molecule has 58 heavy (non-hydrogen) atoms. The van der Waals surface area contributed by atoms with Gasteiger partial charge in [0.15, 0.2) is 11.6 Å². The van der Waals surface area contributed by atoms with Gasteiger partial charge in [-0.3, -0.25) is 0 Å². The van der Waals surface area contributed by atoms with Gasteiger partial charge in [0.1, 0.15) is 54.6 Å². The van der Waals surface area contributed by atoms with Crippen molar-refractivity contribution in [1.29, 1.82) is 0 Å². The van der Waals surface area contributed by atoms with Crippen LogP contribution in [0.5, 0.6) is 17.2 Å². The van der Waals surface area contributed by atoms with Crippen LogP contribution in [0.15, 0.2) is 78.0 Å². The zero-order valence-electron chi connectivity index (χ0n) is 32.0. The third-order valence-electron chi connectivity index (χ3n) is 9.78. The minimum Gasteiger partial charge on any atom is -0.490 e. The van der Waals surface area contributed by atoms with E-state index in [0.29, 0.717) is 57.8 Å². The Morgan fingerprint density at radius 2 is 1.66 bits per heavy atom. The molecule has 0 fully saturated rings. The molecule has 3 aromatic carbocycles. The number of likely N-dealkylation sites (N-methyl/N-ethyl adjacent to an activating group) is 1. The van der Waals surface area contributed by atoms with Gasteiger partial charge in [0.25, 0.3) is 0 Å². The van der Waals surface area contributed by atoms with Crippen molar-refractivity contribution in [3.63, 3.8) is 0 Å². The highest BCUT2D eigenvalue weighted by atomic mass is 35.5. The third-order valence-corrected chi connectivity index (χ3v) is 11.9. The summed E-state index contributed by atoms with van der Waals surface area (Å²) in [5.74, 6) is 3.18. The number of nitrogens with zero attached hydrogens (tertiary/aromatic N) is 4. The fourth-order valence-corrected chi connectivity index (χ4v) is 8.61. The van der Waals surface area contributed by atoms with Crippen LogP contribution in [0.4, 0.5) is 15.2 Å². The summed E-state index contributed by atoms with van der Waals surface area (Å²) in [6.07, 6.45) is 3.96. The van der Waals surface area contributed by atoms with Gasteiger partial charge in [-0.15, -0.1) is 11.3 Å². The maximum absolute atomic E-state index is 14.1. The fraction of sp³-hybridized carbons (Fsp3) is 0.256. The molecule has 6 aromatic rings. The summed E-state index contributed by atoms with van der Waals surface area (Å²) < 4.78 is 39.5. The second-order valence-electron chi connectivity index (χ2n) is 13.6. The molecule has 3 aromatic heterocycles. The second-order valence-corrected chi connectivity index (χ2v) is 15.4. The number of thiophene rings is 1. The number of halogens is 3. The molecule has 298 valence electrons. The minimum atomic E-state index is -0.321. The highest BCUT2D eigenvalue weighted by Crippen LogP contribution is 2.53. The van der Waals surface area contributed by atoms with Crippen molar-refractivity contribution < 1.29 is 23.3 Å². The zero-order chi connectivity index (χ0) is 40.2. The molecule has 9 rings (SSSR count). The number of hydrogen-bond acceptors (Lipinski definition) is 12. The Bertz CT molecular complexity index is 2450. The molecule has 3 N–H and O–H groups in total. The highest BCUT2D eigenvalue weighted by molar-refractivity contribution is 7.20. The highest BCUT2D eigenvalue weighted by Gasteiger charge is 2.32. The normalized spacial score (nSPS) is 13.6. The van der Waals surface area contributed by atoms with Crippen molar-refractivity contribution in [2.75, 3.05) is 57.3 Å². The number of rotatable bonds is 9. The van der Waals surface area contributed by atoms with Crippen molar-refractivity contribution in [2.24, 2.45) is 4.99 Å². The molecule has 11 nitrogen and oxygen atoms in total. The van der Waals surface area contributed by atoms with Crippen LogP contribution in [0, 0.1) is 19.7 Å². The summed E-state index contributed by atoms with van der Waals surface area (Å²) in [6.45, 7) is 6.74. The number of nitrogens with one attached hydrogen (secondary N) is 3. The molecule has 0 amide bonds. The van der Waals surface area contributed by atoms with Crippen LogP contribution in [0.1, 0.15) is 27.9 Å². The Balaban J connectivity index is 1.09. The SMILES string of the molecule is CNCCNc1ccc(-c2nccc(COc3ccc4cc3CCOC3=NCNc5sc(-c6ccc(F)cc6)c(c53)-c3c(C)c(Cl)c(c(Cl)c3C)OCCO4)n2)cn1. The van der Waals surface area contributed by atoms with E-state index >= 15 is 0 Å². The van der Waals surface area contributed by atoms with Gasteiger partial charge >= 0.3 is 0 Å². The number of anilines is 2. The van der Waals surface area contributed by atoms with E-state index in [0.717, 1.165) is 73.3 Å². The van der Waals surface area contributed by atoms with E-state index in [4.69, 9.17) is 52.1 Å². The number of pyridine rings is 1. The van der Waals surface area contributed by atoms with Crippen LogP contribution >= 0.6 is 34.5 Å². The molecular formula is C43H40Cl2FN7O4S. The molecule has 0 unspecified atom stereocenters. The molecule has 0 saturated carbocycles. The first-order valence-electron chi connectivity index (χ1n) is 18.8. The van der Waals surface area contributed by atoms with Gasteiger partial charge < -0.3 is 34.9 Å². The Labute approximate surface area is 349 Å². The molecule has 0 atom stereocenters. The van der Waals surface area contributed by atoms with Gasteiger partial charge in [-0.2, -0.15) is 0 Å². The minimum absolute atomic E-state index is 0.199. The van der Waals surface area contributed by atoms with Gasteiger partial charge in [0.05, 0.1) is 27.9 Å². The Kier molecular flexibility index (Phi) is 11.9. The number of aliphatic imine (C=N–C) groups is 1. The van der Waals surface area contributed by atoms with E-state index in [9.17, 15) is 4.39 Å². The summed E-state index contributed by atoms with van der Waals surface area (Å²) in [5.41, 5.74) is 7.25. The zero-order valence-corrected chi connectivity index (χ0v) is 34.4. The van der Waals surface area contributed by atoms with Crippen LogP contribution in [-0.2, 0) is 17.8 Å². The monoisotopic (exact) mass is 839 g/mol. The van der Waals surface area contributed by atoms with E-state index in [1.165, 1.54) is 12.1 Å². The first-order valence-corrected chi connectivity index (χ1v) is 20.4. The van der Waals surface area contributed by atoms with Crippen molar-refractivity contribution in [1.82, 2.24) is 20.3 Å². The molecule has 0 aliphatic carbocycles. The van der Waals surface area contributed by atoms with E-state index in [1.54, 1.807) is 35.9 Å². The lowest BCUT2D eigenvalue weighted by atomic mass is 9.90. The van der Waals surface area contributed by atoms with Crippen molar-refractivity contribution in [2.45, 2.75) is 26.9 Å². The Morgan fingerprint density at radius 3 is 2.43 bits per heavy atom. The number of hydrogen-bond donors (Lipinski definition) is 3. The molecular weight excluding hydrogens is 800 g/mol. The van der Waals surface area contributed by atoms with Crippen molar-refractivity contribution in [3.05, 3.63) is 117 Å². The molecule has 15 heteroatoms. The number of benzene rings is 3. The summed E-state index contributed by atoms with van der Waals surface area (Å²) in [6, 6.07) is 17.8. The smallest absolute Gasteiger partial charge is 0.221 e. The predicted octanol–water partition coefficient (Wildman–Crippen LogP) is 9.37. The molecule has 6 heterocycles. The number of ether oxygens (including phenoxy) is 4. The average molecular weight is 841 g/mol. The summed E-state index contributed by atoms with van der Waals surface area (Å²) in [4.78, 5) is 19.4. The largest absolute Gasteiger partial charge is 0.490 e. The molecule has 4 bridgehead atoms. The van der Waals surface area contributed by atoms with Crippen molar-refractivity contribution >= 4 is 51.3 Å². The first kappa shape index (κ1) is 39.4. The number of aromatic nitrogens is 3. The third kappa shape index (κ3) is 8.26. The van der Waals surface area contributed by atoms with Crippen LogP contribution in [0.3, 0.4) is 0 Å². The van der Waals surface area contributed by atoms with Gasteiger partial charge in [0.2, 0.25) is 5.90 Å². The second kappa shape index (κ2) is 17.6. The predicted molar refractivity (Wildman–Crippen MR) is 229 cm³/mol. The molecule has 0 saturated heterocycles. The maximum Gasteiger partial charge on any atom is 0.221 e. The van der Waals surface area contributed by atoms with Crippen LogP contribution in [0.2, 0.25) is 10.0 Å². The van der Waals surface area contributed by atoms with E-state index in [2.05, 4.69) is 25.9 Å². The molecule has 0 radical (unpaired) electrons. The van der Waals surface area contributed by atoms with Crippen LogP contribution in [0.25, 0.3) is 33.0 Å². The summed E-state index contributed by atoms with van der Waals surface area (Å²) >= 11 is 15.6. The number of fused-ring (bicyclic) bond motifs is 7. The molecule has 0 spiro atoms. The van der Waals surface area contributed by atoms with Crippen LogP contribution in [-0.4, -0.2) is 67.5 Å². The van der Waals surface area contributed by atoms with Gasteiger partial charge in [-0.1, -0.05) is 35.3 Å². The summed E-state index contributed by atoms with van der Waals surface area (Å²) in [5, 5.41) is 11.5. The Morgan fingerprint density at radius 1 is 0.862 bits per heavy atom. The average Bonchev–Trinajstić information content (AvgIpc) is 3.63. The fourth-order valence-electron chi connectivity index (χ4n) is 6.88. The lowest BCUT2D eigenvalue weighted by Crippen LogP contribution is -2.19. The Hall–Kier alpha value is -5.47. The summed E-state index contributed by atoms with van der Waals surface area (Å²) in [7, 11) is 1.91. The topological polar surface area (TPSA) is 124 Å². The van der Waals surface area contributed by atoms with Crippen LogP contribution < -0.4 is 30.2 Å². The van der Waals surface area contributed by atoms with E-state index < -0.39 is 0 Å². The van der Waals surface area contributed by atoms with Gasteiger partial charge in [-0.25, -0.2) is 24.3 Å². The first-order chi connectivity index (χ1) is 28.3. The van der Waals surface area contributed by atoms with Crippen molar-refractivity contribution in [3.8, 4) is 50.2 Å². The molecule has 3 aliphatic heterocycles. The standard InChI is InChI=1S/C43H40Cl2FN7O4S/c1-24-34-25(2)38(45)39(37(24)44)55-19-18-54-31-9-10-32(57-22-30-12-14-49-41(53-30)28-6-11-33(50-21-28)48-16-15-47-3)27(20-31)13-17-56-42-36-35(34)40(58-43(36)52-23-51-42)26-4-7-29(46)8-5-26/h4-12,14,20-21,47,52H,13,15-19,22-23H2,1-3H3,(H,48,50). The lowest BCUT2D eigenvalue weighted by molar-refractivity contribution is 0.216. The van der Waals surface area contributed by atoms with E-state index in [-0.39, 0.29) is 32.2 Å².